The lowest BCUT2D eigenvalue weighted by molar-refractivity contribution is 0.310. The van der Waals surface area contributed by atoms with E-state index >= 15 is 0 Å². The summed E-state index contributed by atoms with van der Waals surface area (Å²) >= 11 is 0. The molecule has 136 valence electrons. The second-order valence-corrected chi connectivity index (χ2v) is 6.23. The summed E-state index contributed by atoms with van der Waals surface area (Å²) in [6, 6.07) is 18.3. The molecule has 5 nitrogen and oxygen atoms in total. The first-order valence-electron chi connectivity index (χ1n) is 9.17. The van der Waals surface area contributed by atoms with E-state index in [1.54, 1.807) is 4.80 Å². The predicted octanol–water partition coefficient (Wildman–Crippen LogP) is 3.70. The smallest absolute Gasteiger partial charge is 0.119 e. The Morgan fingerprint density at radius 1 is 1.00 bits per heavy atom. The van der Waals surface area contributed by atoms with E-state index < -0.39 is 0 Å². The maximum atomic E-state index is 5.84. The van der Waals surface area contributed by atoms with Gasteiger partial charge in [0.1, 0.15) is 5.75 Å². The number of aryl methyl sites for hydroxylation is 2. The molecule has 2 aromatic carbocycles. The fourth-order valence-corrected chi connectivity index (χ4v) is 2.72. The Morgan fingerprint density at radius 2 is 1.77 bits per heavy atom. The van der Waals surface area contributed by atoms with Gasteiger partial charge in [-0.25, -0.2) is 0 Å². The number of aromatic nitrogens is 3. The van der Waals surface area contributed by atoms with Crippen LogP contribution in [0.15, 0.2) is 54.6 Å². The molecule has 1 aromatic heterocycles. The second-order valence-electron chi connectivity index (χ2n) is 6.23. The van der Waals surface area contributed by atoms with Crippen LogP contribution in [0, 0.1) is 6.92 Å². The van der Waals surface area contributed by atoms with E-state index in [1.807, 2.05) is 49.4 Å². The Labute approximate surface area is 155 Å². The molecule has 0 fully saturated rings. The van der Waals surface area contributed by atoms with Crippen LogP contribution < -0.4 is 10.1 Å². The minimum Gasteiger partial charge on any atom is -0.494 e. The molecule has 0 unspecified atom stereocenters. The molecule has 3 rings (SSSR count). The predicted molar refractivity (Wildman–Crippen MR) is 104 cm³/mol. The summed E-state index contributed by atoms with van der Waals surface area (Å²) in [5.41, 5.74) is 4.25. The van der Waals surface area contributed by atoms with Crippen molar-refractivity contribution >= 4 is 0 Å². The van der Waals surface area contributed by atoms with Crippen LogP contribution in [0.1, 0.15) is 30.3 Å². The summed E-state index contributed by atoms with van der Waals surface area (Å²) < 4.78 is 5.84. The molecule has 1 heterocycles. The van der Waals surface area contributed by atoms with Gasteiger partial charge in [0.05, 0.1) is 23.7 Å². The van der Waals surface area contributed by atoms with Gasteiger partial charge in [-0.3, -0.25) is 0 Å². The van der Waals surface area contributed by atoms with Gasteiger partial charge < -0.3 is 10.1 Å². The molecule has 0 amide bonds. The lowest BCUT2D eigenvalue weighted by atomic mass is 10.2. The first kappa shape index (κ1) is 18.1. The van der Waals surface area contributed by atoms with Crippen LogP contribution >= 0.6 is 0 Å². The molecule has 0 aliphatic heterocycles. The number of benzene rings is 2. The summed E-state index contributed by atoms with van der Waals surface area (Å²) in [5.74, 6) is 0.912. The lowest BCUT2D eigenvalue weighted by Crippen LogP contribution is -2.11. The lowest BCUT2D eigenvalue weighted by Gasteiger charge is -2.07. The molecular formula is C21H26N4O. The fourth-order valence-electron chi connectivity index (χ4n) is 2.72. The monoisotopic (exact) mass is 350 g/mol. The number of nitrogens with one attached hydrogen (secondary N) is 1. The Bertz CT molecular complexity index is 797. The Morgan fingerprint density at radius 3 is 2.50 bits per heavy atom. The highest BCUT2D eigenvalue weighted by Gasteiger charge is 2.08. The van der Waals surface area contributed by atoms with Crippen molar-refractivity contribution in [2.24, 2.45) is 0 Å². The standard InChI is InChI=1S/C21H26N4O/c1-3-22-16-18-11-13-20(14-12-18)26-15-7-10-21-17(2)23-25(24-21)19-8-5-4-6-9-19/h4-6,8-9,11-14,22H,3,7,10,15-16H2,1-2H3. The zero-order valence-corrected chi connectivity index (χ0v) is 15.5. The molecule has 0 spiro atoms. The Balaban J connectivity index is 1.47. The summed E-state index contributed by atoms with van der Waals surface area (Å²) in [6.45, 7) is 6.66. The van der Waals surface area contributed by atoms with Crippen molar-refractivity contribution in [3.8, 4) is 11.4 Å². The van der Waals surface area contributed by atoms with E-state index in [-0.39, 0.29) is 0 Å². The fraction of sp³-hybridized carbons (Fsp3) is 0.333. The molecule has 0 saturated carbocycles. The van der Waals surface area contributed by atoms with E-state index in [4.69, 9.17) is 4.74 Å². The Hall–Kier alpha value is -2.66. The molecule has 1 N–H and O–H groups in total. The number of hydrogen-bond donors (Lipinski definition) is 1. The van der Waals surface area contributed by atoms with Crippen molar-refractivity contribution < 1.29 is 4.74 Å². The molecule has 0 radical (unpaired) electrons. The molecule has 0 bridgehead atoms. The van der Waals surface area contributed by atoms with Crippen LogP contribution in [0.5, 0.6) is 5.75 Å². The zero-order chi connectivity index (χ0) is 18.2. The third-order valence-electron chi connectivity index (χ3n) is 4.19. The van der Waals surface area contributed by atoms with Gasteiger partial charge in [0, 0.05) is 6.54 Å². The first-order valence-corrected chi connectivity index (χ1v) is 9.17. The average Bonchev–Trinajstić information content (AvgIpc) is 3.06. The van der Waals surface area contributed by atoms with E-state index in [1.165, 1.54) is 5.56 Å². The average molecular weight is 350 g/mol. The number of rotatable bonds is 9. The second kappa shape index (κ2) is 9.15. The maximum Gasteiger partial charge on any atom is 0.119 e. The van der Waals surface area contributed by atoms with Crippen LogP contribution in [0.4, 0.5) is 0 Å². The maximum absolute atomic E-state index is 5.84. The summed E-state index contributed by atoms with van der Waals surface area (Å²) in [5, 5.41) is 12.4. The summed E-state index contributed by atoms with van der Waals surface area (Å²) in [7, 11) is 0. The molecule has 0 saturated heterocycles. The van der Waals surface area contributed by atoms with Crippen molar-refractivity contribution in [3.63, 3.8) is 0 Å². The van der Waals surface area contributed by atoms with Crippen LogP contribution in [-0.2, 0) is 13.0 Å². The van der Waals surface area contributed by atoms with Crippen molar-refractivity contribution in [3.05, 3.63) is 71.5 Å². The van der Waals surface area contributed by atoms with E-state index in [2.05, 4.69) is 34.6 Å². The third kappa shape index (κ3) is 4.92. The number of hydrogen-bond acceptors (Lipinski definition) is 4. The topological polar surface area (TPSA) is 52.0 Å². The summed E-state index contributed by atoms with van der Waals surface area (Å²) in [6.07, 6.45) is 1.77. The van der Waals surface area contributed by atoms with Gasteiger partial charge in [-0.1, -0.05) is 37.3 Å². The SMILES string of the molecule is CCNCc1ccc(OCCCc2nn(-c3ccccc3)nc2C)cc1. The van der Waals surface area contributed by atoms with E-state index in [0.29, 0.717) is 6.61 Å². The van der Waals surface area contributed by atoms with Gasteiger partial charge in [0.25, 0.3) is 0 Å². The van der Waals surface area contributed by atoms with Gasteiger partial charge in [0.15, 0.2) is 0 Å². The molecule has 0 aliphatic carbocycles. The van der Waals surface area contributed by atoms with E-state index in [9.17, 15) is 0 Å². The molecule has 0 aliphatic rings. The highest BCUT2D eigenvalue weighted by Crippen LogP contribution is 2.14. The van der Waals surface area contributed by atoms with Crippen molar-refractivity contribution in [1.82, 2.24) is 20.3 Å². The highest BCUT2D eigenvalue weighted by molar-refractivity contribution is 5.29. The first-order chi connectivity index (χ1) is 12.8. The number of ether oxygens (including phenoxy) is 1. The molecule has 3 aromatic rings. The highest BCUT2D eigenvalue weighted by atomic mass is 16.5. The molecule has 0 atom stereocenters. The number of para-hydroxylation sites is 1. The van der Waals surface area contributed by atoms with Crippen LogP contribution in [0.3, 0.4) is 0 Å². The van der Waals surface area contributed by atoms with E-state index in [0.717, 1.165) is 48.8 Å². The van der Waals surface area contributed by atoms with Crippen LogP contribution in [0.25, 0.3) is 5.69 Å². The third-order valence-corrected chi connectivity index (χ3v) is 4.19. The van der Waals surface area contributed by atoms with Crippen molar-refractivity contribution in [1.29, 1.82) is 0 Å². The van der Waals surface area contributed by atoms with Gasteiger partial charge in [0.2, 0.25) is 0 Å². The minimum atomic E-state index is 0.671. The van der Waals surface area contributed by atoms with Crippen LogP contribution in [-0.4, -0.2) is 28.1 Å². The minimum absolute atomic E-state index is 0.671. The summed E-state index contributed by atoms with van der Waals surface area (Å²) in [4.78, 5) is 1.70. The van der Waals surface area contributed by atoms with Crippen molar-refractivity contribution in [2.45, 2.75) is 33.2 Å². The van der Waals surface area contributed by atoms with Gasteiger partial charge >= 0.3 is 0 Å². The quantitative estimate of drug-likeness (QED) is 0.598. The number of nitrogens with zero attached hydrogens (tertiary/aromatic N) is 3. The molecule has 5 heteroatoms. The zero-order valence-electron chi connectivity index (χ0n) is 15.5. The largest absolute Gasteiger partial charge is 0.494 e. The van der Waals surface area contributed by atoms with Gasteiger partial charge in [-0.2, -0.15) is 15.0 Å². The Kier molecular flexibility index (Phi) is 6.39. The van der Waals surface area contributed by atoms with Crippen molar-refractivity contribution in [2.75, 3.05) is 13.2 Å². The van der Waals surface area contributed by atoms with Gasteiger partial charge in [-0.15, -0.1) is 0 Å². The molecule has 26 heavy (non-hydrogen) atoms. The normalized spacial score (nSPS) is 10.8. The van der Waals surface area contributed by atoms with Gasteiger partial charge in [-0.05, 0) is 56.1 Å². The molecular weight excluding hydrogens is 324 g/mol. The van der Waals surface area contributed by atoms with Crippen LogP contribution in [0.2, 0.25) is 0 Å².